The molecule has 0 saturated carbocycles. The molecule has 0 saturated heterocycles. The summed E-state index contributed by atoms with van der Waals surface area (Å²) in [6, 6.07) is 7.94. The maximum Gasteiger partial charge on any atom is 0.373 e. The van der Waals surface area contributed by atoms with Crippen LogP contribution in [0, 0.1) is 6.92 Å². The molecule has 0 fully saturated rings. The van der Waals surface area contributed by atoms with Gasteiger partial charge in [-0.25, -0.2) is 9.59 Å². The van der Waals surface area contributed by atoms with Gasteiger partial charge in [0.05, 0.1) is 18.1 Å². The lowest BCUT2D eigenvalue weighted by Crippen LogP contribution is -2.08. The summed E-state index contributed by atoms with van der Waals surface area (Å²) in [7, 11) is 0. The lowest BCUT2D eigenvalue weighted by molar-refractivity contribution is -0.141. The van der Waals surface area contributed by atoms with Crippen molar-refractivity contribution in [1.82, 2.24) is 0 Å². The molecule has 0 aliphatic rings. The summed E-state index contributed by atoms with van der Waals surface area (Å²) in [6.07, 6.45) is 2.51. The summed E-state index contributed by atoms with van der Waals surface area (Å²) >= 11 is 1.28. The number of rotatable bonds is 8. The predicted molar refractivity (Wildman–Crippen MR) is 94.5 cm³/mol. The Balaban J connectivity index is 2.87. The van der Waals surface area contributed by atoms with E-state index < -0.39 is 17.7 Å². The van der Waals surface area contributed by atoms with E-state index in [9.17, 15) is 14.7 Å². The molecule has 0 amide bonds. The zero-order valence-electron chi connectivity index (χ0n) is 14.1. The van der Waals surface area contributed by atoms with Crippen molar-refractivity contribution in [3.63, 3.8) is 0 Å². The molecule has 0 heterocycles. The fraction of sp³-hybridized carbons (Fsp3) is 0.333. The van der Waals surface area contributed by atoms with Crippen molar-refractivity contribution >= 4 is 23.7 Å². The maximum atomic E-state index is 12.0. The molecule has 6 heteroatoms. The largest absolute Gasteiger partial charge is 0.502 e. The van der Waals surface area contributed by atoms with Gasteiger partial charge in [-0.15, -0.1) is 11.8 Å². The molecule has 0 aliphatic heterocycles. The molecule has 1 aromatic rings. The molecule has 1 aromatic carbocycles. The molecule has 0 unspecified atom stereocenters. The van der Waals surface area contributed by atoms with Gasteiger partial charge in [-0.2, -0.15) is 0 Å². The van der Waals surface area contributed by atoms with Crippen LogP contribution in [0.15, 0.2) is 47.1 Å². The topological polar surface area (TPSA) is 72.8 Å². The maximum absolute atomic E-state index is 12.0. The lowest BCUT2D eigenvalue weighted by atomic mass is 10.2. The zero-order chi connectivity index (χ0) is 17.9. The molecule has 1 rings (SSSR count). The summed E-state index contributed by atoms with van der Waals surface area (Å²) in [4.78, 5) is 23.7. The Bertz CT molecular complexity index is 634. The van der Waals surface area contributed by atoms with Gasteiger partial charge in [0.15, 0.2) is 0 Å². The van der Waals surface area contributed by atoms with Crippen LogP contribution in [0.1, 0.15) is 25.0 Å². The third-order valence-corrected chi connectivity index (χ3v) is 3.92. The number of hydrogen-bond donors (Lipinski definition) is 1. The number of ether oxygens (including phenoxy) is 2. The van der Waals surface area contributed by atoms with Crippen LogP contribution in [-0.2, 0) is 24.8 Å². The van der Waals surface area contributed by atoms with Gasteiger partial charge in [0, 0.05) is 5.75 Å². The second-order valence-corrected chi connectivity index (χ2v) is 5.82. The summed E-state index contributed by atoms with van der Waals surface area (Å²) in [5.74, 6) is -1.32. The number of aliphatic hydroxyl groups is 1. The second kappa shape index (κ2) is 10.5. The first-order chi connectivity index (χ1) is 11.5. The minimum Gasteiger partial charge on any atom is -0.502 e. The zero-order valence-corrected chi connectivity index (χ0v) is 14.9. The van der Waals surface area contributed by atoms with E-state index in [-0.39, 0.29) is 13.2 Å². The number of aliphatic hydroxyl groups excluding tert-OH is 1. The average molecular weight is 350 g/mol. The number of carbonyl (C=O) groups is 2. The van der Waals surface area contributed by atoms with E-state index in [1.807, 2.05) is 31.2 Å². The fourth-order valence-electron chi connectivity index (χ4n) is 1.77. The van der Waals surface area contributed by atoms with E-state index in [1.165, 1.54) is 17.8 Å². The van der Waals surface area contributed by atoms with E-state index >= 15 is 0 Å². The molecule has 24 heavy (non-hydrogen) atoms. The van der Waals surface area contributed by atoms with Crippen molar-refractivity contribution in [2.45, 2.75) is 26.5 Å². The van der Waals surface area contributed by atoms with E-state index in [0.717, 1.165) is 17.2 Å². The summed E-state index contributed by atoms with van der Waals surface area (Å²) in [5, 5.41) is 9.61. The summed E-state index contributed by atoms with van der Waals surface area (Å²) in [6.45, 7) is 5.76. The molecule has 1 N–H and O–H groups in total. The molecule has 0 spiro atoms. The lowest BCUT2D eigenvalue weighted by Gasteiger charge is -2.07. The van der Waals surface area contributed by atoms with Crippen LogP contribution in [0.25, 0.3) is 0 Å². The first kappa shape index (κ1) is 19.8. The van der Waals surface area contributed by atoms with Gasteiger partial charge >= 0.3 is 11.9 Å². The molecule has 0 aliphatic carbocycles. The van der Waals surface area contributed by atoms with E-state index in [0.29, 0.717) is 10.7 Å². The van der Waals surface area contributed by atoms with Crippen LogP contribution in [0.2, 0.25) is 0 Å². The third-order valence-electron chi connectivity index (χ3n) is 2.83. The van der Waals surface area contributed by atoms with Gasteiger partial charge in [-0.3, -0.25) is 0 Å². The van der Waals surface area contributed by atoms with Gasteiger partial charge in [-0.1, -0.05) is 29.8 Å². The molecule has 0 aromatic heterocycles. The molecule has 0 atom stereocenters. The van der Waals surface area contributed by atoms with Crippen molar-refractivity contribution in [3.05, 3.63) is 58.2 Å². The van der Waals surface area contributed by atoms with E-state index in [4.69, 9.17) is 4.74 Å². The highest BCUT2D eigenvalue weighted by molar-refractivity contribution is 8.03. The number of aryl methyl sites for hydroxylation is 1. The van der Waals surface area contributed by atoms with Gasteiger partial charge in [0.1, 0.15) is 0 Å². The monoisotopic (exact) mass is 350 g/mol. The van der Waals surface area contributed by atoms with Gasteiger partial charge in [-0.05, 0) is 38.5 Å². The van der Waals surface area contributed by atoms with Crippen LogP contribution >= 0.6 is 11.8 Å². The highest BCUT2D eigenvalue weighted by Gasteiger charge is 2.13. The number of esters is 2. The second-order valence-electron chi connectivity index (χ2n) is 4.80. The van der Waals surface area contributed by atoms with Gasteiger partial charge < -0.3 is 14.6 Å². The number of carbonyl (C=O) groups excluding carboxylic acids is 2. The fourth-order valence-corrected chi connectivity index (χ4v) is 2.61. The summed E-state index contributed by atoms with van der Waals surface area (Å²) in [5.41, 5.74) is 2.20. The highest BCUT2D eigenvalue weighted by atomic mass is 32.2. The van der Waals surface area contributed by atoms with Crippen LogP contribution < -0.4 is 0 Å². The predicted octanol–water partition coefficient (Wildman–Crippen LogP) is 3.68. The minimum absolute atomic E-state index is 0.160. The first-order valence-electron chi connectivity index (χ1n) is 7.61. The van der Waals surface area contributed by atoms with Crippen LogP contribution in [0.3, 0.4) is 0 Å². The quantitative estimate of drug-likeness (QED) is 0.334. The van der Waals surface area contributed by atoms with Crippen molar-refractivity contribution in [2.24, 2.45) is 0 Å². The minimum atomic E-state index is -0.833. The van der Waals surface area contributed by atoms with Crippen molar-refractivity contribution in [3.8, 4) is 0 Å². The number of hydrogen-bond acceptors (Lipinski definition) is 6. The smallest absolute Gasteiger partial charge is 0.373 e. The Kier molecular flexibility index (Phi) is 8.71. The molecular weight excluding hydrogens is 328 g/mol. The van der Waals surface area contributed by atoms with Crippen molar-refractivity contribution in [1.29, 1.82) is 0 Å². The number of benzene rings is 1. The first-order valence-corrected chi connectivity index (χ1v) is 8.60. The molecular formula is C18H22O5S. The van der Waals surface area contributed by atoms with Crippen molar-refractivity contribution in [2.75, 3.05) is 13.2 Å². The Labute approximate surface area is 146 Å². The number of allylic oxidation sites excluding steroid dienone is 2. The van der Waals surface area contributed by atoms with Crippen LogP contribution in [0.4, 0.5) is 0 Å². The molecule has 5 nitrogen and oxygen atoms in total. The van der Waals surface area contributed by atoms with Gasteiger partial charge in [0.2, 0.25) is 5.76 Å². The number of thioether (sulfide) groups is 1. The van der Waals surface area contributed by atoms with Gasteiger partial charge in [0.25, 0.3) is 0 Å². The van der Waals surface area contributed by atoms with E-state index in [1.54, 1.807) is 13.8 Å². The Morgan fingerprint density at radius 2 is 1.79 bits per heavy atom. The SMILES string of the molecule is CCOC(=O)/C(O)=C/C=C(\SCc1cccc(C)c1)C(=O)OCC. The Hall–Kier alpha value is -2.21. The van der Waals surface area contributed by atoms with E-state index in [2.05, 4.69) is 4.74 Å². The summed E-state index contributed by atoms with van der Waals surface area (Å²) < 4.78 is 9.68. The normalized spacial score (nSPS) is 12.0. The Morgan fingerprint density at radius 1 is 1.12 bits per heavy atom. The van der Waals surface area contributed by atoms with Crippen LogP contribution in [0.5, 0.6) is 0 Å². The van der Waals surface area contributed by atoms with Crippen molar-refractivity contribution < 1.29 is 24.2 Å². The highest BCUT2D eigenvalue weighted by Crippen LogP contribution is 2.23. The third kappa shape index (κ3) is 6.91. The van der Waals surface area contributed by atoms with Crippen LogP contribution in [-0.4, -0.2) is 30.3 Å². The average Bonchev–Trinajstić information content (AvgIpc) is 2.55. The molecule has 0 bridgehead atoms. The molecule has 0 radical (unpaired) electrons. The Morgan fingerprint density at radius 3 is 2.42 bits per heavy atom. The standard InChI is InChI=1S/C18H22O5S/c1-4-22-17(20)15(19)9-10-16(18(21)23-5-2)24-12-14-8-6-7-13(3)11-14/h6-11,19H,4-5,12H2,1-3H3/b15-9-,16-10-. The molecule has 130 valence electrons.